The molecule has 1 fully saturated rings. The van der Waals surface area contributed by atoms with Crippen molar-refractivity contribution in [2.45, 2.75) is 37.6 Å². The molecular weight excluding hydrogens is 478 g/mol. The van der Waals surface area contributed by atoms with Gasteiger partial charge in [0, 0.05) is 17.0 Å². The summed E-state index contributed by atoms with van der Waals surface area (Å²) in [5.74, 6) is -0.0629. The quantitative estimate of drug-likeness (QED) is 0.303. The predicted octanol–water partition coefficient (Wildman–Crippen LogP) is 5.89. The zero-order valence-corrected chi connectivity index (χ0v) is 22.1. The molecule has 5 nitrogen and oxygen atoms in total. The van der Waals surface area contributed by atoms with Crippen molar-refractivity contribution in [2.75, 3.05) is 31.1 Å². The van der Waals surface area contributed by atoms with E-state index < -0.39 is 0 Å². The fourth-order valence-electron chi connectivity index (χ4n) is 4.91. The van der Waals surface area contributed by atoms with Gasteiger partial charge in [0.1, 0.15) is 0 Å². The molecule has 0 atom stereocenters. The van der Waals surface area contributed by atoms with E-state index in [1.54, 1.807) is 0 Å². The summed E-state index contributed by atoms with van der Waals surface area (Å²) < 4.78 is 0. The minimum absolute atomic E-state index is 0.00923. The van der Waals surface area contributed by atoms with Crippen molar-refractivity contribution >= 4 is 35.3 Å². The number of benzene rings is 3. The molecule has 0 unspecified atom stereocenters. The molecule has 37 heavy (non-hydrogen) atoms. The van der Waals surface area contributed by atoms with Gasteiger partial charge in [-0.2, -0.15) is 0 Å². The number of amides is 2. The largest absolute Gasteiger partial charge is 0.352 e. The number of nitrogens with zero attached hydrogens (tertiary/aromatic N) is 2. The van der Waals surface area contributed by atoms with Crippen LogP contribution in [0.1, 0.15) is 46.3 Å². The topological polar surface area (TPSA) is 52.7 Å². The number of thioether (sulfide) groups is 1. The van der Waals surface area contributed by atoms with Gasteiger partial charge < -0.3 is 15.1 Å². The second kappa shape index (κ2) is 11.8. The monoisotopic (exact) mass is 511 g/mol. The van der Waals surface area contributed by atoms with Crippen LogP contribution in [0.25, 0.3) is 6.08 Å². The molecule has 0 radical (unpaired) electrons. The Kier molecular flexibility index (Phi) is 8.07. The number of rotatable bonds is 8. The Hall–Kier alpha value is -3.35. The highest BCUT2D eigenvalue weighted by molar-refractivity contribution is 8.04. The zero-order chi connectivity index (χ0) is 25.6. The van der Waals surface area contributed by atoms with Gasteiger partial charge in [-0.15, -0.1) is 0 Å². The number of anilines is 1. The minimum atomic E-state index is -0.0537. The van der Waals surface area contributed by atoms with E-state index >= 15 is 0 Å². The van der Waals surface area contributed by atoms with E-state index in [2.05, 4.69) is 41.4 Å². The van der Waals surface area contributed by atoms with Gasteiger partial charge in [-0.3, -0.25) is 9.59 Å². The van der Waals surface area contributed by atoms with E-state index in [1.807, 2.05) is 59.5 Å². The maximum Gasteiger partial charge on any atom is 0.265 e. The summed E-state index contributed by atoms with van der Waals surface area (Å²) in [6, 6.07) is 23.8. The Labute approximate surface area is 223 Å². The molecule has 0 saturated carbocycles. The lowest BCUT2D eigenvalue weighted by Gasteiger charge is -2.30. The molecule has 1 saturated heterocycles. The highest BCUT2D eigenvalue weighted by atomic mass is 32.2. The number of likely N-dealkylation sites (tertiary alicyclic amines) is 1. The number of carbonyl (C=O) groups excluding carboxylic acids is 2. The first-order valence-electron chi connectivity index (χ1n) is 13.0. The van der Waals surface area contributed by atoms with Crippen molar-refractivity contribution in [1.29, 1.82) is 0 Å². The summed E-state index contributed by atoms with van der Waals surface area (Å²) in [6.07, 6.45) is 5.46. The van der Waals surface area contributed by atoms with E-state index in [0.29, 0.717) is 23.6 Å². The molecule has 0 aliphatic carbocycles. The zero-order valence-electron chi connectivity index (χ0n) is 21.3. The lowest BCUT2D eigenvalue weighted by atomic mass is 10.1. The second-order valence-corrected chi connectivity index (χ2v) is 10.8. The fourth-order valence-corrected chi connectivity index (χ4v) is 5.97. The number of hydrogen-bond acceptors (Lipinski definition) is 4. The third-order valence-electron chi connectivity index (χ3n) is 6.86. The van der Waals surface area contributed by atoms with Crippen molar-refractivity contribution in [3.8, 4) is 0 Å². The first kappa shape index (κ1) is 25.3. The maximum atomic E-state index is 13.6. The average Bonchev–Trinajstić information content (AvgIpc) is 3.43. The summed E-state index contributed by atoms with van der Waals surface area (Å²) in [5.41, 5.74) is 4.75. The van der Waals surface area contributed by atoms with Crippen LogP contribution in [0.15, 0.2) is 82.6 Å². The smallest absolute Gasteiger partial charge is 0.265 e. The van der Waals surface area contributed by atoms with Crippen LogP contribution >= 0.6 is 11.8 Å². The van der Waals surface area contributed by atoms with Gasteiger partial charge in [-0.1, -0.05) is 65.9 Å². The highest BCUT2D eigenvalue weighted by Crippen LogP contribution is 2.42. The van der Waals surface area contributed by atoms with Crippen molar-refractivity contribution in [3.05, 3.63) is 100.0 Å². The van der Waals surface area contributed by atoms with Crippen LogP contribution in [0, 0.1) is 6.92 Å². The standard InChI is InChI=1S/C31H33N3O2S/c1-23-8-6-9-25(20-23)22-34-27-10-2-3-11-28(27)37-29(31(34)36)21-24-12-14-26(15-13-24)30(35)32-16-7-19-33-17-4-5-18-33/h2-3,6,8-15,20-21H,4-5,7,16-19,22H2,1H3,(H,32,35)/b29-21+. The van der Waals surface area contributed by atoms with Gasteiger partial charge in [-0.25, -0.2) is 0 Å². The SMILES string of the molecule is Cc1cccc(CN2C(=O)/C(=C\c3ccc(C(=O)NCCCN4CCCC4)cc3)Sc3ccccc32)c1. The number of nitrogens with one attached hydrogen (secondary N) is 1. The summed E-state index contributed by atoms with van der Waals surface area (Å²) >= 11 is 1.50. The van der Waals surface area contributed by atoms with Gasteiger partial charge in [0.15, 0.2) is 0 Å². The molecule has 6 heteroatoms. The number of para-hydroxylation sites is 1. The van der Waals surface area contributed by atoms with Gasteiger partial charge >= 0.3 is 0 Å². The molecule has 2 heterocycles. The Morgan fingerprint density at radius 1 is 1.00 bits per heavy atom. The van der Waals surface area contributed by atoms with E-state index in [4.69, 9.17) is 0 Å². The van der Waals surface area contributed by atoms with E-state index in [9.17, 15) is 9.59 Å². The van der Waals surface area contributed by atoms with Crippen LogP contribution in [0.3, 0.4) is 0 Å². The van der Waals surface area contributed by atoms with Crippen LogP contribution in [0.5, 0.6) is 0 Å². The van der Waals surface area contributed by atoms with E-state index in [-0.39, 0.29) is 11.8 Å². The minimum Gasteiger partial charge on any atom is -0.352 e. The number of hydrogen-bond donors (Lipinski definition) is 1. The van der Waals surface area contributed by atoms with Crippen LogP contribution in [0.2, 0.25) is 0 Å². The van der Waals surface area contributed by atoms with Crippen molar-refractivity contribution in [3.63, 3.8) is 0 Å². The van der Waals surface area contributed by atoms with Crippen molar-refractivity contribution < 1.29 is 9.59 Å². The van der Waals surface area contributed by atoms with E-state index in [0.717, 1.165) is 34.7 Å². The Morgan fingerprint density at radius 3 is 2.57 bits per heavy atom. The normalized spacial score (nSPS) is 16.7. The molecule has 0 bridgehead atoms. The summed E-state index contributed by atoms with van der Waals surface area (Å²) in [7, 11) is 0. The highest BCUT2D eigenvalue weighted by Gasteiger charge is 2.29. The first-order valence-corrected chi connectivity index (χ1v) is 13.8. The number of aryl methyl sites for hydroxylation is 1. The molecule has 2 aliphatic heterocycles. The predicted molar refractivity (Wildman–Crippen MR) is 152 cm³/mol. The third-order valence-corrected chi connectivity index (χ3v) is 7.94. The van der Waals surface area contributed by atoms with E-state index in [1.165, 1.54) is 43.3 Å². The van der Waals surface area contributed by atoms with Crippen LogP contribution in [-0.2, 0) is 11.3 Å². The molecule has 3 aromatic rings. The molecule has 5 rings (SSSR count). The Balaban J connectivity index is 1.26. The Morgan fingerprint density at radius 2 is 1.78 bits per heavy atom. The lowest BCUT2D eigenvalue weighted by Crippen LogP contribution is -2.33. The van der Waals surface area contributed by atoms with Gasteiger partial charge in [0.05, 0.1) is 17.1 Å². The van der Waals surface area contributed by atoms with Crippen LogP contribution < -0.4 is 10.2 Å². The molecule has 2 amide bonds. The van der Waals surface area contributed by atoms with Crippen molar-refractivity contribution in [1.82, 2.24) is 10.2 Å². The number of carbonyl (C=O) groups is 2. The third kappa shape index (κ3) is 6.32. The second-order valence-electron chi connectivity index (χ2n) is 9.74. The summed E-state index contributed by atoms with van der Waals surface area (Å²) in [6.45, 7) is 6.68. The Bertz CT molecular complexity index is 1300. The first-order chi connectivity index (χ1) is 18.1. The summed E-state index contributed by atoms with van der Waals surface area (Å²) in [4.78, 5) is 32.2. The molecule has 0 aromatic heterocycles. The molecule has 3 aromatic carbocycles. The molecule has 0 spiro atoms. The van der Waals surface area contributed by atoms with Crippen LogP contribution in [-0.4, -0.2) is 42.9 Å². The number of fused-ring (bicyclic) bond motifs is 1. The van der Waals surface area contributed by atoms with Gasteiger partial charge in [-0.05, 0) is 87.3 Å². The van der Waals surface area contributed by atoms with Crippen molar-refractivity contribution in [2.24, 2.45) is 0 Å². The molecule has 190 valence electrons. The van der Waals surface area contributed by atoms with Crippen LogP contribution in [0.4, 0.5) is 5.69 Å². The van der Waals surface area contributed by atoms with Gasteiger partial charge in [0.25, 0.3) is 11.8 Å². The average molecular weight is 512 g/mol. The maximum absolute atomic E-state index is 13.6. The lowest BCUT2D eigenvalue weighted by molar-refractivity contribution is -0.114. The molecular formula is C31H33N3O2S. The molecule has 1 N–H and O–H groups in total. The fraction of sp³-hybridized carbons (Fsp3) is 0.290. The van der Waals surface area contributed by atoms with Gasteiger partial charge in [0.2, 0.25) is 0 Å². The summed E-state index contributed by atoms with van der Waals surface area (Å²) in [5, 5.41) is 3.03. The molecule has 2 aliphatic rings.